The van der Waals surface area contributed by atoms with Gasteiger partial charge in [0.05, 0.1) is 0 Å². The molecule has 7 rings (SSSR count). The first-order chi connectivity index (χ1) is 16.1. The second kappa shape index (κ2) is 8.23. The highest BCUT2D eigenvalue weighted by Gasteiger charge is 2.54. The highest BCUT2D eigenvalue weighted by atomic mass is 16.5. The molecule has 4 bridgehead atoms. The lowest BCUT2D eigenvalue weighted by Gasteiger charge is -2.59. The second-order valence-corrected chi connectivity index (χ2v) is 10.7. The van der Waals surface area contributed by atoms with Gasteiger partial charge in [0.15, 0.2) is 5.76 Å². The average Bonchev–Trinajstić information content (AvgIpc) is 3.29. The van der Waals surface area contributed by atoms with Crippen molar-refractivity contribution in [1.29, 1.82) is 0 Å². The Balaban J connectivity index is 1.13. The van der Waals surface area contributed by atoms with Crippen LogP contribution in [0.5, 0.6) is 5.75 Å². The highest BCUT2D eigenvalue weighted by Crippen LogP contribution is 2.61. The van der Waals surface area contributed by atoms with E-state index in [1.807, 2.05) is 30.3 Å². The zero-order chi connectivity index (χ0) is 22.4. The van der Waals surface area contributed by atoms with Crippen molar-refractivity contribution >= 4 is 16.7 Å². The molecule has 0 aliphatic heterocycles. The van der Waals surface area contributed by atoms with Gasteiger partial charge in [-0.25, -0.2) is 0 Å². The zero-order valence-electron chi connectivity index (χ0n) is 19.4. The number of ether oxygens (including phenoxy) is 1. The van der Waals surface area contributed by atoms with E-state index in [4.69, 9.17) is 9.15 Å². The normalized spacial score (nSPS) is 28.7. The van der Waals surface area contributed by atoms with E-state index in [2.05, 4.69) is 30.4 Å². The van der Waals surface area contributed by atoms with Crippen LogP contribution in [0.25, 0.3) is 10.8 Å². The van der Waals surface area contributed by atoms with E-state index < -0.39 is 0 Å². The van der Waals surface area contributed by atoms with Gasteiger partial charge in [-0.3, -0.25) is 4.79 Å². The number of nitrogens with one attached hydrogen (secondary N) is 1. The fourth-order valence-electron chi connectivity index (χ4n) is 7.57. The van der Waals surface area contributed by atoms with Crippen LogP contribution in [0.4, 0.5) is 0 Å². The van der Waals surface area contributed by atoms with E-state index in [9.17, 15) is 4.79 Å². The van der Waals surface area contributed by atoms with E-state index in [1.165, 1.54) is 38.5 Å². The largest absolute Gasteiger partial charge is 0.485 e. The van der Waals surface area contributed by atoms with E-state index >= 15 is 0 Å². The molecule has 1 amide bonds. The number of carbonyl (C=O) groups is 1. The first kappa shape index (κ1) is 20.8. The summed E-state index contributed by atoms with van der Waals surface area (Å²) in [6, 6.07) is 18.1. The number of carbonyl (C=O) groups excluding carboxylic acids is 1. The van der Waals surface area contributed by atoms with Crippen LogP contribution in [0, 0.1) is 23.2 Å². The number of amides is 1. The molecule has 4 aliphatic carbocycles. The molecular formula is C29H33NO3. The maximum Gasteiger partial charge on any atom is 0.287 e. The summed E-state index contributed by atoms with van der Waals surface area (Å²) in [6.07, 6.45) is 9.11. The van der Waals surface area contributed by atoms with Crippen LogP contribution in [-0.2, 0) is 6.61 Å². The fourth-order valence-corrected chi connectivity index (χ4v) is 7.57. The maximum atomic E-state index is 13.1. The number of furan rings is 1. The van der Waals surface area contributed by atoms with Crippen LogP contribution in [0.15, 0.2) is 59.0 Å². The molecule has 1 heterocycles. The van der Waals surface area contributed by atoms with E-state index in [1.54, 1.807) is 6.07 Å². The van der Waals surface area contributed by atoms with Gasteiger partial charge in [-0.15, -0.1) is 0 Å². The Hall–Kier alpha value is -2.75. The number of fused-ring (bicyclic) bond motifs is 1. The van der Waals surface area contributed by atoms with Crippen LogP contribution in [0.3, 0.4) is 0 Å². The summed E-state index contributed by atoms with van der Waals surface area (Å²) in [7, 11) is 0. The molecule has 1 N–H and O–H groups in total. The van der Waals surface area contributed by atoms with Crippen LogP contribution < -0.4 is 10.1 Å². The molecule has 0 saturated heterocycles. The summed E-state index contributed by atoms with van der Waals surface area (Å²) in [6.45, 7) is 2.52. The van der Waals surface area contributed by atoms with Gasteiger partial charge in [0, 0.05) is 11.4 Å². The van der Waals surface area contributed by atoms with Gasteiger partial charge in [-0.1, -0.05) is 43.3 Å². The summed E-state index contributed by atoms with van der Waals surface area (Å²) < 4.78 is 11.9. The lowest BCUT2D eigenvalue weighted by atomic mass is 9.47. The summed E-state index contributed by atoms with van der Waals surface area (Å²) in [5.74, 6) is 4.42. The molecule has 4 aliphatic rings. The molecule has 33 heavy (non-hydrogen) atoms. The van der Waals surface area contributed by atoms with Gasteiger partial charge in [0.1, 0.15) is 18.1 Å². The fraction of sp³-hybridized carbons (Fsp3) is 0.483. The molecule has 4 saturated carbocycles. The van der Waals surface area contributed by atoms with Crippen LogP contribution in [0.2, 0.25) is 0 Å². The van der Waals surface area contributed by atoms with Gasteiger partial charge in [-0.2, -0.15) is 0 Å². The molecule has 2 aromatic carbocycles. The quantitative estimate of drug-likeness (QED) is 0.440. The number of benzene rings is 2. The maximum absolute atomic E-state index is 13.1. The van der Waals surface area contributed by atoms with Gasteiger partial charge >= 0.3 is 0 Å². The van der Waals surface area contributed by atoms with Gasteiger partial charge < -0.3 is 14.5 Å². The summed E-state index contributed by atoms with van der Waals surface area (Å²) in [5.41, 5.74) is 0.298. The van der Waals surface area contributed by atoms with Crippen molar-refractivity contribution in [3.8, 4) is 5.75 Å². The summed E-state index contributed by atoms with van der Waals surface area (Å²) >= 11 is 0. The summed E-state index contributed by atoms with van der Waals surface area (Å²) in [5, 5.41) is 5.60. The minimum atomic E-state index is -0.0889. The Labute approximate surface area is 195 Å². The van der Waals surface area contributed by atoms with Crippen molar-refractivity contribution in [2.24, 2.45) is 23.2 Å². The van der Waals surface area contributed by atoms with Crippen molar-refractivity contribution in [3.63, 3.8) is 0 Å². The Morgan fingerprint density at radius 3 is 2.42 bits per heavy atom. The first-order valence-electron chi connectivity index (χ1n) is 12.6. The van der Waals surface area contributed by atoms with Crippen LogP contribution >= 0.6 is 0 Å². The molecule has 4 nitrogen and oxygen atoms in total. The Kier molecular flexibility index (Phi) is 5.20. The van der Waals surface area contributed by atoms with Gasteiger partial charge in [0.25, 0.3) is 5.91 Å². The molecule has 4 fully saturated rings. The minimum absolute atomic E-state index is 0.0889. The van der Waals surface area contributed by atoms with E-state index in [0.717, 1.165) is 40.7 Å². The SMILES string of the molecule is CCC(NC(=O)c1ccc(COc2cccc3ccccc23)o1)C12CC3CC(CC(C3)C1)C2. The second-order valence-electron chi connectivity index (χ2n) is 10.7. The van der Waals surface area contributed by atoms with E-state index in [-0.39, 0.29) is 11.9 Å². The monoisotopic (exact) mass is 443 g/mol. The molecular weight excluding hydrogens is 410 g/mol. The predicted molar refractivity (Wildman–Crippen MR) is 129 cm³/mol. The molecule has 1 atom stereocenters. The number of rotatable bonds is 7. The standard InChI is InChI=1S/C29H33NO3/c1-2-27(29-15-19-12-20(16-29)14-21(13-19)17-29)30-28(31)26-11-10-23(33-26)18-32-25-9-5-7-22-6-3-4-8-24(22)25/h3-11,19-21,27H,2,12-18H2,1H3,(H,30,31). The van der Waals surface area contributed by atoms with Crippen molar-refractivity contribution in [1.82, 2.24) is 5.32 Å². The zero-order valence-corrected chi connectivity index (χ0v) is 19.4. The van der Waals surface area contributed by atoms with Crippen LogP contribution in [0.1, 0.15) is 68.2 Å². The molecule has 4 heteroatoms. The molecule has 0 radical (unpaired) electrons. The number of hydrogen-bond acceptors (Lipinski definition) is 3. The molecule has 0 spiro atoms. The smallest absolute Gasteiger partial charge is 0.287 e. The van der Waals surface area contributed by atoms with Crippen molar-refractivity contribution in [3.05, 3.63) is 66.1 Å². The third-order valence-electron chi connectivity index (χ3n) is 8.54. The molecule has 172 valence electrons. The Morgan fingerprint density at radius 2 is 1.70 bits per heavy atom. The van der Waals surface area contributed by atoms with Gasteiger partial charge in [0.2, 0.25) is 0 Å². The minimum Gasteiger partial charge on any atom is -0.485 e. The average molecular weight is 444 g/mol. The third-order valence-corrected chi connectivity index (χ3v) is 8.54. The van der Waals surface area contributed by atoms with Crippen LogP contribution in [-0.4, -0.2) is 11.9 Å². The molecule has 3 aromatic rings. The Bertz CT molecular complexity index is 1120. The Morgan fingerprint density at radius 1 is 1.00 bits per heavy atom. The van der Waals surface area contributed by atoms with Crippen molar-refractivity contribution < 1.29 is 13.9 Å². The molecule has 1 unspecified atom stereocenters. The van der Waals surface area contributed by atoms with Crippen molar-refractivity contribution in [2.45, 2.75) is 64.5 Å². The molecule has 1 aromatic heterocycles. The van der Waals surface area contributed by atoms with Gasteiger partial charge in [-0.05, 0) is 91.7 Å². The lowest BCUT2D eigenvalue weighted by Crippen LogP contribution is -2.56. The lowest BCUT2D eigenvalue weighted by molar-refractivity contribution is -0.0728. The topological polar surface area (TPSA) is 51.5 Å². The van der Waals surface area contributed by atoms with E-state index in [0.29, 0.717) is 23.5 Å². The number of hydrogen-bond donors (Lipinski definition) is 1. The highest BCUT2D eigenvalue weighted by molar-refractivity contribution is 5.91. The predicted octanol–water partition coefficient (Wildman–Crippen LogP) is 6.74. The first-order valence-corrected chi connectivity index (χ1v) is 12.6. The third kappa shape index (κ3) is 3.84. The van der Waals surface area contributed by atoms with Crippen molar-refractivity contribution in [2.75, 3.05) is 0 Å². The summed E-state index contributed by atoms with van der Waals surface area (Å²) in [4.78, 5) is 13.1.